The summed E-state index contributed by atoms with van der Waals surface area (Å²) in [7, 11) is 0. The minimum atomic E-state index is -0.480. The van der Waals surface area contributed by atoms with Gasteiger partial charge in [-0.2, -0.15) is 5.10 Å². The molecule has 24 heavy (non-hydrogen) atoms. The molecule has 1 saturated heterocycles. The molecule has 0 spiro atoms. The number of aryl methyl sites for hydroxylation is 2. The molecule has 0 aliphatic carbocycles. The lowest BCUT2D eigenvalue weighted by Gasteiger charge is -2.26. The fourth-order valence-corrected chi connectivity index (χ4v) is 3.28. The Hall–Kier alpha value is -1.85. The van der Waals surface area contributed by atoms with E-state index in [9.17, 15) is 5.11 Å². The largest absolute Gasteiger partial charge is 0.491 e. The standard InChI is InChI=1S/C19H27N3O2/c1-15-5-7-19(8-6-15)24-14-18(23)13-21-9-3-4-17(21)12-22-11-16(2)10-20-22/h5-8,10-11,17-18,23H,3-4,9,12-14H2,1-2H3/t17-,18+/m0/s1. The van der Waals surface area contributed by atoms with E-state index in [0.29, 0.717) is 19.2 Å². The highest BCUT2D eigenvalue weighted by atomic mass is 16.5. The van der Waals surface area contributed by atoms with Crippen LogP contribution in [0.15, 0.2) is 36.7 Å². The first-order valence-corrected chi connectivity index (χ1v) is 8.71. The van der Waals surface area contributed by atoms with E-state index < -0.39 is 6.10 Å². The van der Waals surface area contributed by atoms with Crippen molar-refractivity contribution in [1.82, 2.24) is 14.7 Å². The van der Waals surface area contributed by atoms with Crippen molar-refractivity contribution in [2.75, 3.05) is 19.7 Å². The van der Waals surface area contributed by atoms with E-state index in [1.54, 1.807) is 0 Å². The third-order valence-electron chi connectivity index (χ3n) is 4.57. The number of ether oxygens (including phenoxy) is 1. The Morgan fingerprint density at radius 3 is 2.75 bits per heavy atom. The molecule has 1 aliphatic rings. The van der Waals surface area contributed by atoms with Gasteiger partial charge in [0, 0.05) is 18.8 Å². The maximum absolute atomic E-state index is 10.3. The van der Waals surface area contributed by atoms with E-state index in [1.165, 1.54) is 17.5 Å². The summed E-state index contributed by atoms with van der Waals surface area (Å²) in [6, 6.07) is 8.37. The quantitative estimate of drug-likeness (QED) is 0.847. The number of nitrogens with zero attached hydrogens (tertiary/aromatic N) is 3. The van der Waals surface area contributed by atoms with Crippen molar-refractivity contribution in [2.24, 2.45) is 0 Å². The summed E-state index contributed by atoms with van der Waals surface area (Å²) in [5.74, 6) is 0.810. The SMILES string of the molecule is Cc1ccc(OC[C@H](O)CN2CCC[C@H]2Cn2cc(C)cn2)cc1. The Bertz CT molecular complexity index is 638. The number of likely N-dealkylation sites (tertiary alicyclic amines) is 1. The van der Waals surface area contributed by atoms with Gasteiger partial charge in [-0.3, -0.25) is 9.58 Å². The summed E-state index contributed by atoms with van der Waals surface area (Å²) < 4.78 is 7.70. The van der Waals surface area contributed by atoms with Crippen molar-refractivity contribution in [2.45, 2.75) is 45.4 Å². The summed E-state index contributed by atoms with van der Waals surface area (Å²) >= 11 is 0. The first-order chi connectivity index (χ1) is 11.6. The molecule has 1 aliphatic heterocycles. The molecule has 1 N–H and O–H groups in total. The van der Waals surface area contributed by atoms with Crippen LogP contribution in [0, 0.1) is 13.8 Å². The van der Waals surface area contributed by atoms with Crippen LogP contribution in [0.1, 0.15) is 24.0 Å². The molecule has 5 nitrogen and oxygen atoms in total. The molecule has 0 bridgehead atoms. The van der Waals surface area contributed by atoms with Crippen LogP contribution in [0.25, 0.3) is 0 Å². The van der Waals surface area contributed by atoms with Gasteiger partial charge in [-0.1, -0.05) is 17.7 Å². The Kier molecular flexibility index (Phi) is 5.53. The van der Waals surface area contributed by atoms with Gasteiger partial charge in [0.2, 0.25) is 0 Å². The molecule has 2 atom stereocenters. The second-order valence-corrected chi connectivity index (χ2v) is 6.81. The predicted molar refractivity (Wildman–Crippen MR) is 94.2 cm³/mol. The predicted octanol–water partition coefficient (Wildman–Crippen LogP) is 2.40. The number of aliphatic hydroxyl groups is 1. The van der Waals surface area contributed by atoms with Crippen molar-refractivity contribution < 1.29 is 9.84 Å². The number of aromatic nitrogens is 2. The van der Waals surface area contributed by atoms with Crippen LogP contribution in [-0.2, 0) is 6.54 Å². The van der Waals surface area contributed by atoms with Gasteiger partial charge in [0.25, 0.3) is 0 Å². The molecule has 5 heteroatoms. The Morgan fingerprint density at radius 2 is 2.04 bits per heavy atom. The molecule has 1 fully saturated rings. The fourth-order valence-electron chi connectivity index (χ4n) is 3.28. The Morgan fingerprint density at radius 1 is 1.25 bits per heavy atom. The Labute approximate surface area is 143 Å². The van der Waals surface area contributed by atoms with E-state index in [2.05, 4.69) is 23.1 Å². The Balaban J connectivity index is 1.47. The third kappa shape index (κ3) is 4.58. The van der Waals surface area contributed by atoms with Gasteiger partial charge < -0.3 is 9.84 Å². The van der Waals surface area contributed by atoms with Gasteiger partial charge in [0.1, 0.15) is 18.5 Å². The molecular weight excluding hydrogens is 302 g/mol. The van der Waals surface area contributed by atoms with E-state index in [1.807, 2.05) is 42.1 Å². The van der Waals surface area contributed by atoms with E-state index in [-0.39, 0.29) is 0 Å². The lowest BCUT2D eigenvalue weighted by atomic mass is 10.2. The number of hydrogen-bond donors (Lipinski definition) is 1. The third-order valence-corrected chi connectivity index (χ3v) is 4.57. The normalized spacial score (nSPS) is 19.5. The summed E-state index contributed by atoms with van der Waals surface area (Å²) in [5, 5.41) is 14.7. The topological polar surface area (TPSA) is 50.5 Å². The van der Waals surface area contributed by atoms with Gasteiger partial charge in [-0.05, 0) is 50.9 Å². The smallest absolute Gasteiger partial charge is 0.119 e. The number of hydrogen-bond acceptors (Lipinski definition) is 4. The summed E-state index contributed by atoms with van der Waals surface area (Å²) in [6.07, 6.45) is 5.82. The van der Waals surface area contributed by atoms with Crippen LogP contribution in [-0.4, -0.2) is 51.6 Å². The zero-order chi connectivity index (χ0) is 16.9. The maximum Gasteiger partial charge on any atom is 0.119 e. The molecule has 0 unspecified atom stereocenters. The highest BCUT2D eigenvalue weighted by Crippen LogP contribution is 2.19. The zero-order valence-corrected chi connectivity index (χ0v) is 14.6. The first-order valence-electron chi connectivity index (χ1n) is 8.71. The number of benzene rings is 1. The highest BCUT2D eigenvalue weighted by Gasteiger charge is 2.26. The number of β-amino-alcohol motifs (C(OH)–C–C–N with tert-alkyl or cyclic N) is 1. The second kappa shape index (κ2) is 7.81. The maximum atomic E-state index is 10.3. The van der Waals surface area contributed by atoms with Gasteiger partial charge in [0.15, 0.2) is 0 Å². The molecule has 0 amide bonds. The van der Waals surface area contributed by atoms with Crippen molar-refractivity contribution in [3.05, 3.63) is 47.8 Å². The molecule has 2 heterocycles. The molecular formula is C19H27N3O2. The van der Waals surface area contributed by atoms with E-state index >= 15 is 0 Å². The van der Waals surface area contributed by atoms with Crippen molar-refractivity contribution in [3.8, 4) is 5.75 Å². The molecule has 1 aromatic carbocycles. The molecule has 0 saturated carbocycles. The molecule has 3 rings (SSSR count). The summed E-state index contributed by atoms with van der Waals surface area (Å²) in [5.41, 5.74) is 2.39. The number of aliphatic hydroxyl groups excluding tert-OH is 1. The molecule has 0 radical (unpaired) electrons. The molecule has 130 valence electrons. The fraction of sp³-hybridized carbons (Fsp3) is 0.526. The second-order valence-electron chi connectivity index (χ2n) is 6.81. The van der Waals surface area contributed by atoms with Crippen molar-refractivity contribution in [3.63, 3.8) is 0 Å². The van der Waals surface area contributed by atoms with E-state index in [4.69, 9.17) is 4.74 Å². The first kappa shape index (κ1) is 17.0. The monoisotopic (exact) mass is 329 g/mol. The van der Waals surface area contributed by atoms with Crippen LogP contribution >= 0.6 is 0 Å². The highest BCUT2D eigenvalue weighted by molar-refractivity contribution is 5.26. The average molecular weight is 329 g/mol. The molecule has 2 aromatic rings. The van der Waals surface area contributed by atoms with Gasteiger partial charge >= 0.3 is 0 Å². The van der Waals surface area contributed by atoms with Gasteiger partial charge in [-0.15, -0.1) is 0 Å². The van der Waals surface area contributed by atoms with Gasteiger partial charge in [-0.25, -0.2) is 0 Å². The minimum absolute atomic E-state index is 0.327. The van der Waals surface area contributed by atoms with E-state index in [0.717, 1.165) is 25.3 Å². The summed E-state index contributed by atoms with van der Waals surface area (Å²) in [4.78, 5) is 2.36. The number of rotatable bonds is 7. The average Bonchev–Trinajstić information content (AvgIpc) is 3.16. The van der Waals surface area contributed by atoms with Crippen molar-refractivity contribution in [1.29, 1.82) is 0 Å². The zero-order valence-electron chi connectivity index (χ0n) is 14.6. The lowest BCUT2D eigenvalue weighted by Crippen LogP contribution is -2.40. The van der Waals surface area contributed by atoms with Crippen LogP contribution in [0.2, 0.25) is 0 Å². The van der Waals surface area contributed by atoms with Crippen LogP contribution in [0.5, 0.6) is 5.75 Å². The lowest BCUT2D eigenvalue weighted by molar-refractivity contribution is 0.0609. The van der Waals surface area contributed by atoms with Crippen molar-refractivity contribution >= 4 is 0 Å². The van der Waals surface area contributed by atoms with Gasteiger partial charge in [0.05, 0.1) is 12.7 Å². The molecule has 1 aromatic heterocycles. The van der Waals surface area contributed by atoms with Crippen LogP contribution in [0.3, 0.4) is 0 Å². The van der Waals surface area contributed by atoms with Crippen LogP contribution in [0.4, 0.5) is 0 Å². The minimum Gasteiger partial charge on any atom is -0.491 e. The van der Waals surface area contributed by atoms with Crippen LogP contribution < -0.4 is 4.74 Å². The summed E-state index contributed by atoms with van der Waals surface area (Å²) in [6.45, 7) is 7.01.